The number of benzene rings is 1. The van der Waals surface area contributed by atoms with E-state index in [9.17, 15) is 43.8 Å². The fraction of sp³-hybridized carbons (Fsp3) is 0.638. The molecule has 1 aromatic rings. The van der Waals surface area contributed by atoms with E-state index in [2.05, 4.69) is 5.32 Å². The molecule has 18 nitrogen and oxygen atoms in total. The van der Waals surface area contributed by atoms with Crippen molar-refractivity contribution in [1.82, 2.24) is 15.1 Å². The summed E-state index contributed by atoms with van der Waals surface area (Å²) in [7, 11) is 5.86. The third kappa shape index (κ3) is 11.4. The fourth-order valence-electron chi connectivity index (χ4n) is 9.80. The summed E-state index contributed by atoms with van der Waals surface area (Å²) in [4.78, 5) is 96.2. The van der Waals surface area contributed by atoms with Crippen LogP contribution in [0.25, 0.3) is 0 Å². The highest BCUT2D eigenvalue weighted by molar-refractivity contribution is 8.00. The molecule has 368 valence electrons. The topological polar surface area (TPSA) is 228 Å². The number of thioether (sulfide) groups is 1. The van der Waals surface area contributed by atoms with Crippen molar-refractivity contribution < 1.29 is 67.5 Å². The van der Waals surface area contributed by atoms with Crippen LogP contribution in [0.15, 0.2) is 35.9 Å². The van der Waals surface area contributed by atoms with E-state index >= 15 is 0 Å². The number of nitrogens with zero attached hydrogens (tertiary/aromatic N) is 3. The molecule has 0 aromatic heterocycles. The minimum absolute atomic E-state index is 0.00404. The van der Waals surface area contributed by atoms with Crippen molar-refractivity contribution in [3.05, 3.63) is 46.5 Å². The number of fused-ring (bicyclic) bond motifs is 6. The summed E-state index contributed by atoms with van der Waals surface area (Å²) >= 11 is 8.00. The maximum absolute atomic E-state index is 14.3. The number of rotatable bonds is 12. The lowest BCUT2D eigenvalue weighted by atomic mass is 9.72. The number of likely N-dealkylation sites (N-methyl/N-ethyl adjacent to an activating group) is 1. The Hall–Kier alpha value is -4.69. The number of amides is 5. The van der Waals surface area contributed by atoms with Gasteiger partial charge in [-0.2, -0.15) is 0 Å². The molecular formula is C47H63ClN4O14S. The van der Waals surface area contributed by atoms with Crippen LogP contribution in [0.4, 0.5) is 10.5 Å². The quantitative estimate of drug-likeness (QED) is 0.189. The predicted molar refractivity (Wildman–Crippen MR) is 246 cm³/mol. The minimum atomic E-state index is -1.90. The second-order valence-electron chi connectivity index (χ2n) is 18.9. The summed E-state index contributed by atoms with van der Waals surface area (Å²) in [6.07, 6.45) is 3.24. The van der Waals surface area contributed by atoms with E-state index in [4.69, 9.17) is 35.3 Å². The van der Waals surface area contributed by atoms with Crippen LogP contribution in [-0.4, -0.2) is 149 Å². The van der Waals surface area contributed by atoms with Crippen LogP contribution in [-0.2, 0) is 54.1 Å². The highest BCUT2D eigenvalue weighted by atomic mass is 35.5. The van der Waals surface area contributed by atoms with Gasteiger partial charge in [0.25, 0.3) is 0 Å². The number of anilines is 1. The van der Waals surface area contributed by atoms with Gasteiger partial charge in [-0.05, 0) is 83.4 Å². The summed E-state index contributed by atoms with van der Waals surface area (Å²) in [6, 6.07) is 2.40. The maximum atomic E-state index is 14.3. The number of halogens is 1. The standard InChI is InChI=1S/C47H63ClN4O14S/c1-26-10-9-11-34(63-8)47(61)23-36(65-44(60)49-47)46(4)25-45(3,66-46)35(22-38(54)51(6)31-19-29(18-26)20-32(62-7)40(31)48)64-43(59)27(2)50(5)37(53)16-17-67-33-21-39(55)52(41(33)56)24-28-12-14-30(15-13-28)42(57)58/h9-11,19-20,27-28,30,33-36,61H,12-18,21-25H2,1-8H3,(H,49,60)(H,57,58)/b11-9+,26-10+. The lowest BCUT2D eigenvalue weighted by Crippen LogP contribution is -2.72. The van der Waals surface area contributed by atoms with Crippen molar-refractivity contribution in [3.63, 3.8) is 0 Å². The van der Waals surface area contributed by atoms with Gasteiger partial charge in [0.05, 0.1) is 30.4 Å². The van der Waals surface area contributed by atoms with Crippen molar-refractivity contribution in [3.8, 4) is 5.75 Å². The first-order chi connectivity index (χ1) is 31.5. The molecule has 1 aromatic carbocycles. The summed E-state index contributed by atoms with van der Waals surface area (Å²) in [6.45, 7) is 7.01. The van der Waals surface area contributed by atoms with E-state index in [0.29, 0.717) is 43.5 Å². The highest BCUT2D eigenvalue weighted by Crippen LogP contribution is 2.50. The lowest BCUT2D eigenvalue weighted by Gasteiger charge is -2.59. The third-order valence-corrected chi connectivity index (χ3v) is 15.5. The number of aliphatic carboxylic acids is 1. The molecule has 6 bridgehead atoms. The number of imide groups is 1. The van der Waals surface area contributed by atoms with Crippen molar-refractivity contribution in [2.24, 2.45) is 11.8 Å². The number of carbonyl (C=O) groups excluding carboxylic acids is 6. The Kier molecular flexibility index (Phi) is 16.1. The lowest BCUT2D eigenvalue weighted by molar-refractivity contribution is -0.328. The van der Waals surface area contributed by atoms with Crippen LogP contribution in [0.3, 0.4) is 0 Å². The molecule has 7 rings (SSSR count). The molecule has 8 unspecified atom stereocenters. The van der Waals surface area contributed by atoms with E-state index in [-0.39, 0.29) is 60.7 Å². The van der Waals surface area contributed by atoms with Gasteiger partial charge in [-0.3, -0.25) is 34.2 Å². The molecule has 3 saturated heterocycles. The Morgan fingerprint density at radius 3 is 2.39 bits per heavy atom. The van der Waals surface area contributed by atoms with Gasteiger partial charge >= 0.3 is 18.0 Å². The van der Waals surface area contributed by atoms with E-state index < -0.39 is 88.7 Å². The van der Waals surface area contributed by atoms with Crippen LogP contribution < -0.4 is 15.0 Å². The first kappa shape index (κ1) is 51.7. The second kappa shape index (κ2) is 20.9. The normalized spacial score (nSPS) is 33.1. The number of likely N-dealkylation sites (tertiary alicyclic amines) is 1. The smallest absolute Gasteiger partial charge is 0.409 e. The first-order valence-corrected chi connectivity index (χ1v) is 24.0. The van der Waals surface area contributed by atoms with Gasteiger partial charge in [0, 0.05) is 59.2 Å². The fourth-order valence-corrected chi connectivity index (χ4v) is 11.2. The van der Waals surface area contributed by atoms with Gasteiger partial charge in [-0.1, -0.05) is 35.4 Å². The van der Waals surface area contributed by atoms with Crippen LogP contribution >= 0.6 is 23.4 Å². The number of ether oxygens (including phenoxy) is 5. The average Bonchev–Trinajstić information content (AvgIpc) is 3.53. The third-order valence-electron chi connectivity index (χ3n) is 13.9. The zero-order valence-electron chi connectivity index (χ0n) is 39.3. The van der Waals surface area contributed by atoms with Crippen molar-refractivity contribution in [2.75, 3.05) is 45.5 Å². The van der Waals surface area contributed by atoms with E-state index in [1.807, 2.05) is 13.0 Å². The molecule has 5 amide bonds. The number of esters is 1. The number of allylic oxidation sites excluding steroid dienone is 3. The number of carboxylic acid groups (broad SMARTS) is 1. The van der Waals surface area contributed by atoms with Crippen molar-refractivity contribution in [2.45, 2.75) is 138 Å². The van der Waals surface area contributed by atoms with Gasteiger partial charge in [-0.15, -0.1) is 11.8 Å². The van der Waals surface area contributed by atoms with Crippen LogP contribution in [0.1, 0.15) is 91.0 Å². The first-order valence-electron chi connectivity index (χ1n) is 22.6. The molecule has 4 fully saturated rings. The SMILES string of the molecule is COc1cc2cc(c1Cl)N(C)C(=O)CC(OC(=O)C(C)N(C)C(=O)CCSC1CC(=O)N(CC3CCC(C(=O)O)CC3)C1=O)C1(C)CC(C)(O1)C1CC(O)(NC(=O)O1)C(OC)/C=C/C=C(\C)C2. The number of carbonyl (C=O) groups is 7. The molecule has 5 heterocycles. The molecule has 67 heavy (non-hydrogen) atoms. The van der Waals surface area contributed by atoms with Gasteiger partial charge < -0.3 is 43.7 Å². The highest BCUT2D eigenvalue weighted by Gasteiger charge is 2.63. The van der Waals surface area contributed by atoms with Gasteiger partial charge in [0.1, 0.15) is 46.3 Å². The number of hydrogen-bond donors (Lipinski definition) is 3. The largest absolute Gasteiger partial charge is 0.495 e. The number of aliphatic hydroxyl groups is 1. The molecule has 0 spiro atoms. The van der Waals surface area contributed by atoms with Gasteiger partial charge in [0.15, 0.2) is 5.72 Å². The predicted octanol–water partition coefficient (Wildman–Crippen LogP) is 4.80. The van der Waals surface area contributed by atoms with E-state index in [1.165, 1.54) is 54.7 Å². The monoisotopic (exact) mass is 974 g/mol. The second-order valence-corrected chi connectivity index (χ2v) is 20.6. The van der Waals surface area contributed by atoms with E-state index in [0.717, 1.165) is 11.1 Å². The van der Waals surface area contributed by atoms with E-state index in [1.54, 1.807) is 45.2 Å². The van der Waals surface area contributed by atoms with Crippen molar-refractivity contribution in [1.29, 1.82) is 0 Å². The number of methoxy groups -OCH3 is 2. The summed E-state index contributed by atoms with van der Waals surface area (Å²) in [5.41, 5.74) is -2.45. The molecule has 5 aliphatic heterocycles. The molecule has 1 saturated carbocycles. The van der Waals surface area contributed by atoms with Crippen LogP contribution in [0.2, 0.25) is 5.02 Å². The van der Waals surface area contributed by atoms with Crippen LogP contribution in [0, 0.1) is 11.8 Å². The number of carboxylic acids is 1. The van der Waals surface area contributed by atoms with Crippen molar-refractivity contribution >= 4 is 70.7 Å². The zero-order chi connectivity index (χ0) is 49.2. The molecular weight excluding hydrogens is 912 g/mol. The summed E-state index contributed by atoms with van der Waals surface area (Å²) in [5, 5.41) is 23.2. The molecule has 3 N–H and O–H groups in total. The number of alkyl carbamates (subject to hydrolysis) is 1. The Morgan fingerprint density at radius 2 is 1.75 bits per heavy atom. The minimum Gasteiger partial charge on any atom is -0.495 e. The Bertz CT molecular complexity index is 2170. The number of hydrogen-bond acceptors (Lipinski definition) is 14. The molecule has 0 radical (unpaired) electrons. The Morgan fingerprint density at radius 1 is 1.06 bits per heavy atom. The Balaban J connectivity index is 1.16. The molecule has 20 heteroatoms. The average molecular weight is 976 g/mol. The zero-order valence-corrected chi connectivity index (χ0v) is 40.9. The number of nitrogens with one attached hydrogen (secondary N) is 1. The molecule has 1 aliphatic carbocycles. The Labute approximate surface area is 400 Å². The molecule has 8 atom stereocenters. The summed E-state index contributed by atoms with van der Waals surface area (Å²) < 4.78 is 29.6. The maximum Gasteiger partial charge on any atom is 0.409 e. The van der Waals surface area contributed by atoms with Gasteiger partial charge in [-0.25, -0.2) is 9.59 Å². The van der Waals surface area contributed by atoms with Crippen LogP contribution in [0.5, 0.6) is 5.75 Å². The summed E-state index contributed by atoms with van der Waals surface area (Å²) in [5.74, 6) is -3.01. The molecule has 6 aliphatic rings. The van der Waals surface area contributed by atoms with Gasteiger partial charge in [0.2, 0.25) is 23.6 Å².